The maximum Gasteiger partial charge on any atom is 0.471 e. The van der Waals surface area contributed by atoms with Gasteiger partial charge in [-0.05, 0) is 55.5 Å². The molecule has 2 rings (SSSR count). The third kappa shape index (κ3) is 7.32. The van der Waals surface area contributed by atoms with E-state index in [2.05, 4.69) is 0 Å². The Morgan fingerprint density at radius 2 is 1.33 bits per heavy atom. The standard InChI is InChI=1S/C21H23F3NO8PS2/c1-4-33-18(26)13-25(19(27)20(22,23)24)21(34(28,29)30,35-16-9-5-14(31-2)6-10-16)36-17-11-7-15(32-3)8-12-17/h5-12H,4,13H2,1-3H3,(H2,28,29,30). The number of methoxy groups -OCH3 is 2. The van der Waals surface area contributed by atoms with Gasteiger partial charge in [0, 0.05) is 9.79 Å². The zero-order valence-electron chi connectivity index (χ0n) is 19.2. The molecule has 0 spiro atoms. The van der Waals surface area contributed by atoms with E-state index in [9.17, 15) is 37.1 Å². The van der Waals surface area contributed by atoms with Crippen LogP contribution in [0.2, 0.25) is 0 Å². The summed E-state index contributed by atoms with van der Waals surface area (Å²) in [5.41, 5.74) is 0. The first-order valence-corrected chi connectivity index (χ1v) is 13.3. The van der Waals surface area contributed by atoms with E-state index in [1.807, 2.05) is 0 Å². The van der Waals surface area contributed by atoms with Gasteiger partial charge in [0.2, 0.25) is 3.94 Å². The molecule has 0 unspecified atom stereocenters. The molecule has 1 amide bonds. The van der Waals surface area contributed by atoms with Crippen LogP contribution in [0.3, 0.4) is 0 Å². The number of carbonyl (C=O) groups excluding carboxylic acids is 2. The molecule has 2 N–H and O–H groups in total. The zero-order valence-corrected chi connectivity index (χ0v) is 21.7. The molecular weight excluding hydrogens is 546 g/mol. The first-order chi connectivity index (χ1) is 16.8. The molecule has 0 aliphatic rings. The van der Waals surface area contributed by atoms with Crippen molar-refractivity contribution < 1.29 is 51.3 Å². The molecule has 0 fully saturated rings. The van der Waals surface area contributed by atoms with Crippen molar-refractivity contribution in [2.75, 3.05) is 27.4 Å². The van der Waals surface area contributed by atoms with E-state index in [4.69, 9.17) is 14.2 Å². The lowest BCUT2D eigenvalue weighted by atomic mass is 10.3. The largest absolute Gasteiger partial charge is 0.497 e. The van der Waals surface area contributed by atoms with Crippen LogP contribution >= 0.6 is 31.1 Å². The van der Waals surface area contributed by atoms with Crippen LogP contribution in [0.1, 0.15) is 6.92 Å². The van der Waals surface area contributed by atoms with Crippen LogP contribution in [0.5, 0.6) is 11.5 Å². The van der Waals surface area contributed by atoms with Crippen LogP contribution in [-0.2, 0) is 18.9 Å². The van der Waals surface area contributed by atoms with Crippen molar-refractivity contribution in [3.05, 3.63) is 48.5 Å². The van der Waals surface area contributed by atoms with Gasteiger partial charge in [0.1, 0.15) is 18.0 Å². The number of amides is 1. The lowest BCUT2D eigenvalue weighted by molar-refractivity contribution is -0.187. The summed E-state index contributed by atoms with van der Waals surface area (Å²) in [6, 6.07) is 11.1. The predicted octanol–water partition coefficient (Wildman–Crippen LogP) is 4.33. The maximum absolute atomic E-state index is 13.7. The van der Waals surface area contributed by atoms with Gasteiger partial charge in [-0.15, -0.1) is 0 Å². The number of hydrogen-bond acceptors (Lipinski definition) is 8. The van der Waals surface area contributed by atoms with Gasteiger partial charge in [-0.3, -0.25) is 19.1 Å². The van der Waals surface area contributed by atoms with E-state index >= 15 is 0 Å². The van der Waals surface area contributed by atoms with Gasteiger partial charge in [-0.1, -0.05) is 23.5 Å². The van der Waals surface area contributed by atoms with Crippen LogP contribution in [0, 0.1) is 0 Å². The molecular formula is C21H23F3NO8PS2. The topological polar surface area (TPSA) is 123 Å². The third-order valence-corrected chi connectivity index (χ3v) is 9.85. The second-order valence-electron chi connectivity index (χ2n) is 6.84. The fourth-order valence-electron chi connectivity index (χ4n) is 2.79. The summed E-state index contributed by atoms with van der Waals surface area (Å²) in [6.45, 7) is -0.209. The number of rotatable bonds is 11. The Morgan fingerprint density at radius 3 is 1.64 bits per heavy atom. The van der Waals surface area contributed by atoms with E-state index in [-0.39, 0.29) is 21.3 Å². The van der Waals surface area contributed by atoms with Crippen LogP contribution in [0.15, 0.2) is 58.3 Å². The summed E-state index contributed by atoms with van der Waals surface area (Å²) >= 11 is 0.580. The molecule has 0 aromatic heterocycles. The molecule has 0 saturated heterocycles. The normalized spacial score (nSPS) is 12.1. The molecule has 2 aromatic rings. The van der Waals surface area contributed by atoms with Crippen molar-refractivity contribution in [3.63, 3.8) is 0 Å². The highest BCUT2D eigenvalue weighted by Crippen LogP contribution is 2.68. The summed E-state index contributed by atoms with van der Waals surface area (Å²) in [5.74, 6) is -3.16. The zero-order chi connectivity index (χ0) is 27.1. The molecule has 0 atom stereocenters. The van der Waals surface area contributed by atoms with E-state index in [1.165, 1.54) is 69.7 Å². The molecule has 15 heteroatoms. The van der Waals surface area contributed by atoms with E-state index in [0.717, 1.165) is 0 Å². The Morgan fingerprint density at radius 1 is 0.917 bits per heavy atom. The van der Waals surface area contributed by atoms with Gasteiger partial charge in [-0.25, -0.2) is 0 Å². The third-order valence-electron chi connectivity index (χ3n) is 4.41. The average molecular weight is 570 g/mol. The molecule has 0 aliphatic carbocycles. The van der Waals surface area contributed by atoms with Crippen LogP contribution in [-0.4, -0.2) is 64.1 Å². The van der Waals surface area contributed by atoms with Crippen LogP contribution in [0.4, 0.5) is 13.2 Å². The van der Waals surface area contributed by atoms with Gasteiger partial charge in [-0.2, -0.15) is 13.2 Å². The molecule has 36 heavy (non-hydrogen) atoms. The number of ether oxygens (including phenoxy) is 3. The smallest absolute Gasteiger partial charge is 0.471 e. The quantitative estimate of drug-likeness (QED) is 0.175. The van der Waals surface area contributed by atoms with Crippen molar-refractivity contribution in [1.29, 1.82) is 0 Å². The van der Waals surface area contributed by atoms with Crippen molar-refractivity contribution in [2.24, 2.45) is 0 Å². The molecule has 198 valence electrons. The highest BCUT2D eigenvalue weighted by Gasteiger charge is 2.61. The fraction of sp³-hybridized carbons (Fsp3) is 0.333. The number of carbonyl (C=O) groups is 2. The molecule has 0 saturated carbocycles. The minimum Gasteiger partial charge on any atom is -0.497 e. The Labute approximate surface area is 213 Å². The van der Waals surface area contributed by atoms with Crippen molar-refractivity contribution >= 4 is 43.0 Å². The minimum absolute atomic E-state index is 0.0870. The van der Waals surface area contributed by atoms with E-state index in [1.54, 1.807) is 0 Å². The number of halogens is 3. The Balaban J connectivity index is 2.77. The lowest BCUT2D eigenvalue weighted by Crippen LogP contribution is -2.54. The Hall–Kier alpha value is -2.38. The number of alkyl halides is 3. The van der Waals surface area contributed by atoms with Crippen molar-refractivity contribution in [3.8, 4) is 11.5 Å². The second kappa shape index (κ2) is 12.2. The molecule has 0 radical (unpaired) electrons. The first kappa shape index (κ1) is 29.8. The number of thioether (sulfide) groups is 2. The van der Waals surface area contributed by atoms with E-state index in [0.29, 0.717) is 35.0 Å². The van der Waals surface area contributed by atoms with Crippen molar-refractivity contribution in [1.82, 2.24) is 4.90 Å². The molecule has 0 bridgehead atoms. The Kier molecular flexibility index (Phi) is 10.1. The molecule has 0 aliphatic heterocycles. The summed E-state index contributed by atoms with van der Waals surface area (Å²) in [6.07, 6.45) is -5.56. The predicted molar refractivity (Wildman–Crippen MR) is 127 cm³/mol. The maximum atomic E-state index is 13.7. The fourth-order valence-corrected chi connectivity index (χ4v) is 7.27. The molecule has 0 heterocycles. The summed E-state index contributed by atoms with van der Waals surface area (Å²) in [4.78, 5) is 45.8. The summed E-state index contributed by atoms with van der Waals surface area (Å²) < 4.78 is 65.9. The lowest BCUT2D eigenvalue weighted by Gasteiger charge is -2.42. The average Bonchev–Trinajstić information content (AvgIpc) is 2.81. The number of hydrogen-bond donors (Lipinski definition) is 2. The van der Waals surface area contributed by atoms with Gasteiger partial charge in [0.05, 0.1) is 20.8 Å². The van der Waals surface area contributed by atoms with E-state index < -0.39 is 36.1 Å². The number of nitrogens with zero attached hydrogens (tertiary/aromatic N) is 1. The van der Waals surface area contributed by atoms with Gasteiger partial charge >= 0.3 is 25.6 Å². The van der Waals surface area contributed by atoms with Gasteiger partial charge < -0.3 is 24.0 Å². The number of esters is 1. The van der Waals surface area contributed by atoms with Gasteiger partial charge in [0.25, 0.3) is 0 Å². The molecule has 2 aromatic carbocycles. The van der Waals surface area contributed by atoms with Crippen LogP contribution < -0.4 is 9.47 Å². The first-order valence-electron chi connectivity index (χ1n) is 10.0. The minimum atomic E-state index is -5.67. The monoisotopic (exact) mass is 569 g/mol. The SMILES string of the molecule is CCOC(=O)CN(C(=O)C(F)(F)F)C(Sc1ccc(OC)cc1)(Sc1ccc(OC)cc1)P(=O)(O)O. The summed E-state index contributed by atoms with van der Waals surface area (Å²) in [5, 5.41) is 0. The van der Waals surface area contributed by atoms with Crippen molar-refractivity contribution in [2.45, 2.75) is 26.8 Å². The highest BCUT2D eigenvalue weighted by molar-refractivity contribution is 8.25. The second-order valence-corrected chi connectivity index (χ2v) is 12.0. The van der Waals surface area contributed by atoms with Gasteiger partial charge in [0.15, 0.2) is 0 Å². The molecule has 9 nitrogen and oxygen atoms in total. The Bertz CT molecular complexity index is 1040. The summed E-state index contributed by atoms with van der Waals surface area (Å²) in [7, 11) is -2.91. The number of benzene rings is 2. The highest BCUT2D eigenvalue weighted by atomic mass is 32.2. The van der Waals surface area contributed by atoms with Crippen LogP contribution in [0.25, 0.3) is 0 Å².